The van der Waals surface area contributed by atoms with Crippen LogP contribution in [0.3, 0.4) is 0 Å². The third kappa shape index (κ3) is 8.68. The summed E-state index contributed by atoms with van der Waals surface area (Å²) in [5.41, 5.74) is 1.40. The van der Waals surface area contributed by atoms with Crippen LogP contribution in [0.2, 0.25) is 0 Å². The molecule has 0 aliphatic carbocycles. The summed E-state index contributed by atoms with van der Waals surface area (Å²) in [6.45, 7) is 9.87. The molecule has 0 radical (unpaired) electrons. The summed E-state index contributed by atoms with van der Waals surface area (Å²) < 4.78 is 51.9. The van der Waals surface area contributed by atoms with E-state index in [1.54, 1.807) is 39.0 Å². The van der Waals surface area contributed by atoms with Crippen LogP contribution in [-0.4, -0.2) is 33.7 Å². The first-order chi connectivity index (χ1) is 19.4. The summed E-state index contributed by atoms with van der Waals surface area (Å²) >= 11 is 0. The molecule has 0 atom stereocenters. The lowest BCUT2D eigenvalue weighted by Crippen LogP contribution is -2.39. The van der Waals surface area contributed by atoms with E-state index < -0.39 is 23.3 Å². The second-order valence-corrected chi connectivity index (χ2v) is 10.6. The Hall–Kier alpha value is -3.62. The number of nitrogens with zero attached hydrogens (tertiary/aromatic N) is 2. The number of rotatable bonds is 14. The summed E-state index contributed by atoms with van der Waals surface area (Å²) in [4.78, 5) is 25.3. The van der Waals surface area contributed by atoms with Crippen LogP contribution in [-0.2, 0) is 28.7 Å². The van der Waals surface area contributed by atoms with Gasteiger partial charge in [-0.15, -0.1) is 0 Å². The van der Waals surface area contributed by atoms with Crippen LogP contribution in [0.4, 0.5) is 13.2 Å². The number of Topliss-reactive ketones (excluding diaryl/α,β-unsaturated/α-hetero) is 1. The van der Waals surface area contributed by atoms with Gasteiger partial charge in [-0.25, -0.2) is 4.79 Å². The Kier molecular flexibility index (Phi) is 10.8. The number of unbranched alkanes of at least 4 members (excludes halogenated alkanes) is 3. The number of carbonyl (C=O) groups excluding carboxylic acids is 2. The van der Waals surface area contributed by atoms with Crippen LogP contribution in [0.25, 0.3) is 11.3 Å². The first kappa shape index (κ1) is 31.9. The van der Waals surface area contributed by atoms with Gasteiger partial charge in [0.1, 0.15) is 5.75 Å². The highest BCUT2D eigenvalue weighted by Crippen LogP contribution is 2.31. The average Bonchev–Trinajstić information content (AvgIpc) is 3.33. The van der Waals surface area contributed by atoms with Crippen molar-refractivity contribution in [3.8, 4) is 17.0 Å². The predicted molar refractivity (Wildman–Crippen MR) is 152 cm³/mol. The third-order valence-corrected chi connectivity index (χ3v) is 6.83. The van der Waals surface area contributed by atoms with Crippen molar-refractivity contribution in [3.63, 3.8) is 0 Å². The highest BCUT2D eigenvalue weighted by atomic mass is 19.4. The zero-order chi connectivity index (χ0) is 30.2. The number of halogens is 3. The Morgan fingerprint density at radius 2 is 1.66 bits per heavy atom. The monoisotopic (exact) mass is 572 g/mol. The molecule has 6 nitrogen and oxygen atoms in total. The zero-order valence-electron chi connectivity index (χ0n) is 24.4. The minimum Gasteiger partial charge on any atom is -0.476 e. The Morgan fingerprint density at radius 3 is 2.27 bits per heavy atom. The van der Waals surface area contributed by atoms with Crippen molar-refractivity contribution in [1.82, 2.24) is 9.78 Å². The smallest absolute Gasteiger partial charge is 0.416 e. The molecule has 0 unspecified atom stereocenters. The fraction of sp³-hybridized carbons (Fsp3) is 0.469. The van der Waals surface area contributed by atoms with Gasteiger partial charge in [-0.3, -0.25) is 9.48 Å². The van der Waals surface area contributed by atoms with Crippen molar-refractivity contribution in [2.24, 2.45) is 0 Å². The van der Waals surface area contributed by atoms with Crippen molar-refractivity contribution in [2.75, 3.05) is 6.61 Å². The van der Waals surface area contributed by atoms with Gasteiger partial charge in [-0.1, -0.05) is 38.3 Å². The first-order valence-corrected chi connectivity index (χ1v) is 14.1. The Bertz CT molecular complexity index is 1330. The summed E-state index contributed by atoms with van der Waals surface area (Å²) in [7, 11) is 0. The van der Waals surface area contributed by atoms with E-state index in [-0.39, 0.29) is 18.8 Å². The van der Waals surface area contributed by atoms with Gasteiger partial charge >= 0.3 is 12.1 Å². The van der Waals surface area contributed by atoms with Crippen molar-refractivity contribution in [1.29, 1.82) is 0 Å². The largest absolute Gasteiger partial charge is 0.476 e. The van der Waals surface area contributed by atoms with E-state index in [4.69, 9.17) is 9.47 Å². The quantitative estimate of drug-likeness (QED) is 0.111. The van der Waals surface area contributed by atoms with Gasteiger partial charge in [0.15, 0.2) is 11.4 Å². The average molecular weight is 573 g/mol. The van der Waals surface area contributed by atoms with Crippen LogP contribution in [0.1, 0.15) is 87.0 Å². The number of hydrogen-bond donors (Lipinski definition) is 0. The van der Waals surface area contributed by atoms with Crippen LogP contribution < -0.4 is 4.74 Å². The third-order valence-electron chi connectivity index (χ3n) is 6.83. The number of benzene rings is 2. The fourth-order valence-corrected chi connectivity index (χ4v) is 4.45. The molecule has 0 bridgehead atoms. The highest BCUT2D eigenvalue weighted by molar-refractivity contribution is 5.96. The molecule has 9 heteroatoms. The molecule has 0 saturated heterocycles. The predicted octanol–water partition coefficient (Wildman–Crippen LogP) is 7.99. The normalized spacial score (nSPS) is 11.9. The lowest BCUT2D eigenvalue weighted by Gasteiger charge is -2.25. The van der Waals surface area contributed by atoms with Crippen LogP contribution in [0.15, 0.2) is 48.5 Å². The number of ketones is 1. The molecule has 3 rings (SSSR count). The van der Waals surface area contributed by atoms with Gasteiger partial charge in [0.05, 0.1) is 17.9 Å². The van der Waals surface area contributed by atoms with Crippen LogP contribution >= 0.6 is 0 Å². The van der Waals surface area contributed by atoms with Gasteiger partial charge < -0.3 is 9.47 Å². The maximum atomic E-state index is 13.1. The van der Waals surface area contributed by atoms with E-state index in [2.05, 4.69) is 12.0 Å². The molecule has 0 N–H and O–H groups in total. The molecule has 0 aliphatic rings. The molecule has 1 heterocycles. The summed E-state index contributed by atoms with van der Waals surface area (Å²) in [5, 5.41) is 4.68. The van der Waals surface area contributed by atoms with Crippen LogP contribution in [0.5, 0.6) is 5.75 Å². The van der Waals surface area contributed by atoms with E-state index in [0.717, 1.165) is 49.1 Å². The van der Waals surface area contributed by atoms with E-state index in [1.807, 2.05) is 17.7 Å². The number of aromatic nitrogens is 2. The summed E-state index contributed by atoms with van der Waals surface area (Å²) in [5.74, 6) is -0.0356. The minimum atomic E-state index is -4.40. The molecule has 0 aliphatic heterocycles. The van der Waals surface area contributed by atoms with Gasteiger partial charge in [0, 0.05) is 29.8 Å². The molecule has 222 valence electrons. The number of hydrogen-bond acceptors (Lipinski definition) is 5. The summed E-state index contributed by atoms with van der Waals surface area (Å²) in [6.07, 6.45) is 0.450. The molecule has 0 saturated carbocycles. The number of esters is 1. The molecule has 3 aromatic rings. The lowest BCUT2D eigenvalue weighted by molar-refractivity contribution is -0.158. The van der Waals surface area contributed by atoms with E-state index in [1.165, 1.54) is 12.1 Å². The molecular weight excluding hydrogens is 533 g/mol. The standard InChI is InChI=1S/C32H39F3N2O4/c1-6-8-9-10-19-37-26(21-27(36-37)23-11-14-25(15-12-23)32(33,34)35)16-17-28(38)24-13-18-29(22(3)20-24)41-31(4,5)30(39)40-7-2/h11-15,18,20-21H,6-10,16-17,19H2,1-5H3. The topological polar surface area (TPSA) is 70.4 Å². The van der Waals surface area contributed by atoms with E-state index in [0.29, 0.717) is 35.5 Å². The number of aryl methyl sites for hydroxylation is 3. The number of ether oxygens (including phenoxy) is 2. The first-order valence-electron chi connectivity index (χ1n) is 14.1. The molecule has 0 amide bonds. The maximum Gasteiger partial charge on any atom is 0.416 e. The molecule has 41 heavy (non-hydrogen) atoms. The lowest BCUT2D eigenvalue weighted by atomic mass is 10.0. The van der Waals surface area contributed by atoms with Gasteiger partial charge in [-0.2, -0.15) is 18.3 Å². The Morgan fingerprint density at radius 1 is 0.951 bits per heavy atom. The fourth-order valence-electron chi connectivity index (χ4n) is 4.45. The number of alkyl halides is 3. The van der Waals surface area contributed by atoms with Gasteiger partial charge in [0.25, 0.3) is 0 Å². The molecular formula is C32H39F3N2O4. The van der Waals surface area contributed by atoms with Gasteiger partial charge in [-0.05, 0) is 82.5 Å². The van der Waals surface area contributed by atoms with Crippen LogP contribution in [0, 0.1) is 6.92 Å². The van der Waals surface area contributed by atoms with Crippen molar-refractivity contribution in [2.45, 2.75) is 91.5 Å². The molecule has 0 spiro atoms. The van der Waals surface area contributed by atoms with Crippen molar-refractivity contribution < 1.29 is 32.2 Å². The molecule has 1 aromatic heterocycles. The van der Waals surface area contributed by atoms with Crippen molar-refractivity contribution >= 4 is 11.8 Å². The second kappa shape index (κ2) is 13.8. The molecule has 0 fully saturated rings. The highest BCUT2D eigenvalue weighted by Gasteiger charge is 2.32. The van der Waals surface area contributed by atoms with Gasteiger partial charge in [0.2, 0.25) is 0 Å². The summed E-state index contributed by atoms with van der Waals surface area (Å²) in [6, 6.07) is 11.9. The zero-order valence-corrected chi connectivity index (χ0v) is 24.4. The maximum absolute atomic E-state index is 13.1. The minimum absolute atomic E-state index is 0.0564. The number of carbonyl (C=O) groups is 2. The molecule has 2 aromatic carbocycles. The Labute approximate surface area is 239 Å². The Balaban J connectivity index is 1.74. The van der Waals surface area contributed by atoms with E-state index in [9.17, 15) is 22.8 Å². The second-order valence-electron chi connectivity index (χ2n) is 10.6. The SMILES string of the molecule is CCCCCCn1nc(-c2ccc(C(F)(F)F)cc2)cc1CCC(=O)c1ccc(OC(C)(C)C(=O)OCC)c(C)c1. The van der Waals surface area contributed by atoms with E-state index >= 15 is 0 Å². The van der Waals surface area contributed by atoms with Crippen molar-refractivity contribution in [3.05, 3.63) is 70.9 Å².